The summed E-state index contributed by atoms with van der Waals surface area (Å²) in [6.45, 7) is 4.65. The van der Waals surface area contributed by atoms with E-state index in [2.05, 4.69) is 13.8 Å². The lowest BCUT2D eigenvalue weighted by atomic mass is 10.1. The third kappa shape index (κ3) is 5.38. The first-order chi connectivity index (χ1) is 9.81. The zero-order chi connectivity index (χ0) is 16.0. The minimum Gasteiger partial charge on any atom is -0.478 e. The highest BCUT2D eigenvalue weighted by atomic mass is 19.1. The number of benzene rings is 1. The molecule has 21 heavy (non-hydrogen) atoms. The number of carboxylic acid groups (broad SMARTS) is 1. The Labute approximate surface area is 123 Å². The fraction of sp³-hybridized carbons (Fsp3) is 0.375. The Morgan fingerprint density at radius 2 is 2.05 bits per heavy atom. The number of carbonyl (C=O) groups excluding carboxylic acids is 1. The smallest absolute Gasteiger partial charge is 0.328 e. The first-order valence-corrected chi connectivity index (χ1v) is 6.77. The van der Waals surface area contributed by atoms with Gasteiger partial charge in [0.1, 0.15) is 5.82 Å². The second-order valence-electron chi connectivity index (χ2n) is 5.32. The fourth-order valence-electron chi connectivity index (χ4n) is 1.74. The maximum absolute atomic E-state index is 13.8. The van der Waals surface area contributed by atoms with Crippen molar-refractivity contribution in [2.24, 2.45) is 5.92 Å². The van der Waals surface area contributed by atoms with Crippen LogP contribution in [0.5, 0.6) is 0 Å². The molecular weight excluding hydrogens is 273 g/mol. The van der Waals surface area contributed by atoms with Gasteiger partial charge in [-0.2, -0.15) is 0 Å². The van der Waals surface area contributed by atoms with Crippen molar-refractivity contribution < 1.29 is 19.1 Å². The van der Waals surface area contributed by atoms with E-state index < -0.39 is 17.7 Å². The Morgan fingerprint density at radius 1 is 1.38 bits per heavy atom. The van der Waals surface area contributed by atoms with E-state index in [4.69, 9.17) is 5.11 Å². The van der Waals surface area contributed by atoms with Crippen molar-refractivity contribution in [2.45, 2.75) is 20.3 Å². The number of nitrogens with zero attached hydrogens (tertiary/aromatic N) is 1. The summed E-state index contributed by atoms with van der Waals surface area (Å²) in [5.41, 5.74) is 0.424. The molecule has 0 saturated carbocycles. The molecule has 0 unspecified atom stereocenters. The van der Waals surface area contributed by atoms with Crippen molar-refractivity contribution in [2.75, 3.05) is 13.6 Å². The van der Waals surface area contributed by atoms with Crippen LogP contribution in [0.4, 0.5) is 4.39 Å². The topological polar surface area (TPSA) is 57.6 Å². The van der Waals surface area contributed by atoms with Gasteiger partial charge in [0.15, 0.2) is 0 Å². The number of amides is 1. The zero-order valence-electron chi connectivity index (χ0n) is 12.5. The molecule has 114 valence electrons. The molecule has 1 rings (SSSR count). The van der Waals surface area contributed by atoms with E-state index in [0.717, 1.165) is 12.5 Å². The monoisotopic (exact) mass is 293 g/mol. The van der Waals surface area contributed by atoms with E-state index in [1.165, 1.54) is 29.2 Å². The van der Waals surface area contributed by atoms with Crippen LogP contribution in [0.1, 0.15) is 36.2 Å². The first kappa shape index (κ1) is 16.9. The van der Waals surface area contributed by atoms with Crippen molar-refractivity contribution in [1.82, 2.24) is 4.90 Å². The Bertz CT molecular complexity index is 552. The van der Waals surface area contributed by atoms with Gasteiger partial charge in [-0.3, -0.25) is 4.79 Å². The standard InChI is InChI=1S/C16H20FNO3/c1-11(2)8-9-18(3)16(21)13-10-12(4-6-14(13)17)5-7-15(19)20/h4-7,10-11H,8-9H2,1-3H3,(H,19,20). The number of aliphatic carboxylic acids is 1. The predicted molar refractivity (Wildman–Crippen MR) is 79.5 cm³/mol. The highest BCUT2D eigenvalue weighted by molar-refractivity contribution is 5.95. The van der Waals surface area contributed by atoms with E-state index in [0.29, 0.717) is 18.0 Å². The molecular formula is C16H20FNO3. The molecule has 0 heterocycles. The van der Waals surface area contributed by atoms with Gasteiger partial charge in [0.25, 0.3) is 5.91 Å². The summed E-state index contributed by atoms with van der Waals surface area (Å²) in [7, 11) is 1.63. The number of carbonyl (C=O) groups is 2. The molecule has 0 radical (unpaired) electrons. The molecule has 0 aliphatic rings. The third-order valence-electron chi connectivity index (χ3n) is 3.03. The molecule has 1 aromatic rings. The molecule has 1 aromatic carbocycles. The average molecular weight is 293 g/mol. The van der Waals surface area contributed by atoms with Gasteiger partial charge < -0.3 is 10.0 Å². The van der Waals surface area contributed by atoms with Crippen LogP contribution in [-0.4, -0.2) is 35.5 Å². The van der Waals surface area contributed by atoms with Crippen molar-refractivity contribution in [3.63, 3.8) is 0 Å². The number of hydrogen-bond acceptors (Lipinski definition) is 2. The van der Waals surface area contributed by atoms with E-state index in [-0.39, 0.29) is 5.56 Å². The molecule has 1 amide bonds. The van der Waals surface area contributed by atoms with Crippen molar-refractivity contribution in [1.29, 1.82) is 0 Å². The van der Waals surface area contributed by atoms with Gasteiger partial charge in [0, 0.05) is 19.7 Å². The first-order valence-electron chi connectivity index (χ1n) is 6.77. The van der Waals surface area contributed by atoms with Crippen molar-refractivity contribution in [3.8, 4) is 0 Å². The number of halogens is 1. The largest absolute Gasteiger partial charge is 0.478 e. The maximum Gasteiger partial charge on any atom is 0.328 e. The van der Waals surface area contributed by atoms with Crippen LogP contribution in [0.2, 0.25) is 0 Å². The summed E-state index contributed by atoms with van der Waals surface area (Å²) >= 11 is 0. The van der Waals surface area contributed by atoms with Gasteiger partial charge in [0.05, 0.1) is 5.56 Å². The van der Waals surface area contributed by atoms with Gasteiger partial charge in [-0.05, 0) is 36.1 Å². The van der Waals surface area contributed by atoms with Crippen LogP contribution >= 0.6 is 0 Å². The Hall–Kier alpha value is -2.17. The minimum atomic E-state index is -1.10. The van der Waals surface area contributed by atoms with Crippen LogP contribution in [0.25, 0.3) is 6.08 Å². The summed E-state index contributed by atoms with van der Waals surface area (Å²) in [6.07, 6.45) is 3.11. The van der Waals surface area contributed by atoms with Crippen molar-refractivity contribution >= 4 is 18.0 Å². The molecule has 0 spiro atoms. The fourth-order valence-corrected chi connectivity index (χ4v) is 1.74. The molecule has 5 heteroatoms. The number of hydrogen-bond donors (Lipinski definition) is 1. The minimum absolute atomic E-state index is 0.0474. The van der Waals surface area contributed by atoms with Gasteiger partial charge in [-0.1, -0.05) is 19.9 Å². The number of rotatable bonds is 6. The summed E-state index contributed by atoms with van der Waals surface area (Å²) < 4.78 is 13.8. The van der Waals surface area contributed by atoms with Crippen LogP contribution < -0.4 is 0 Å². The third-order valence-corrected chi connectivity index (χ3v) is 3.03. The summed E-state index contributed by atoms with van der Waals surface area (Å²) in [5.74, 6) is -1.65. The maximum atomic E-state index is 13.8. The van der Waals surface area contributed by atoms with E-state index in [1.54, 1.807) is 7.05 Å². The van der Waals surface area contributed by atoms with E-state index in [9.17, 15) is 14.0 Å². The molecule has 1 N–H and O–H groups in total. The van der Waals surface area contributed by atoms with Gasteiger partial charge in [-0.25, -0.2) is 9.18 Å². The quantitative estimate of drug-likeness (QED) is 0.820. The molecule has 0 aliphatic heterocycles. The van der Waals surface area contributed by atoms with Crippen LogP contribution in [0.15, 0.2) is 24.3 Å². The average Bonchev–Trinajstić information content (AvgIpc) is 2.42. The Morgan fingerprint density at radius 3 is 2.62 bits per heavy atom. The number of carboxylic acids is 1. The second-order valence-corrected chi connectivity index (χ2v) is 5.32. The highest BCUT2D eigenvalue weighted by Gasteiger charge is 2.16. The summed E-state index contributed by atoms with van der Waals surface area (Å²) in [5, 5.41) is 8.58. The molecule has 0 aromatic heterocycles. The highest BCUT2D eigenvalue weighted by Crippen LogP contribution is 2.15. The van der Waals surface area contributed by atoms with Gasteiger partial charge in [0.2, 0.25) is 0 Å². The SMILES string of the molecule is CC(C)CCN(C)C(=O)c1cc(C=CC(=O)O)ccc1F. The molecule has 0 bridgehead atoms. The van der Waals surface area contributed by atoms with Crippen LogP contribution in [0.3, 0.4) is 0 Å². The lowest BCUT2D eigenvalue weighted by molar-refractivity contribution is -0.131. The van der Waals surface area contributed by atoms with Gasteiger partial charge in [-0.15, -0.1) is 0 Å². The van der Waals surface area contributed by atoms with E-state index in [1.807, 2.05) is 0 Å². The van der Waals surface area contributed by atoms with E-state index >= 15 is 0 Å². The predicted octanol–water partition coefficient (Wildman–Crippen LogP) is 3.04. The molecule has 0 fully saturated rings. The second kappa shape index (κ2) is 7.57. The molecule has 0 aliphatic carbocycles. The molecule has 0 saturated heterocycles. The normalized spacial score (nSPS) is 11.1. The van der Waals surface area contributed by atoms with Crippen LogP contribution in [0, 0.1) is 11.7 Å². The Kier molecular flexibility index (Phi) is 6.09. The lowest BCUT2D eigenvalue weighted by Gasteiger charge is -2.19. The molecule has 4 nitrogen and oxygen atoms in total. The molecule has 0 atom stereocenters. The summed E-state index contributed by atoms with van der Waals surface area (Å²) in [6, 6.07) is 3.97. The zero-order valence-corrected chi connectivity index (χ0v) is 12.5. The van der Waals surface area contributed by atoms with Crippen LogP contribution in [-0.2, 0) is 4.79 Å². The Balaban J connectivity index is 2.92. The van der Waals surface area contributed by atoms with Gasteiger partial charge >= 0.3 is 5.97 Å². The summed E-state index contributed by atoms with van der Waals surface area (Å²) in [4.78, 5) is 24.2. The van der Waals surface area contributed by atoms with Crippen molar-refractivity contribution in [3.05, 3.63) is 41.2 Å². The lowest BCUT2D eigenvalue weighted by Crippen LogP contribution is -2.29.